The molecule has 0 radical (unpaired) electrons. The molecule has 4 N–H and O–H groups in total. The summed E-state index contributed by atoms with van der Waals surface area (Å²) in [6.07, 6.45) is 2.33. The van der Waals surface area contributed by atoms with Crippen LogP contribution in [0.4, 0.5) is 5.69 Å². The molecule has 2 atom stereocenters. The first-order chi connectivity index (χ1) is 6.74. The normalized spacial score (nSPS) is 26.3. The fraction of sp³-hybridized carbons (Fsp3) is 0.556. The second-order valence-corrected chi connectivity index (χ2v) is 3.62. The number of aromatic amines is 1. The molecule has 0 aliphatic heterocycles. The zero-order valence-electron chi connectivity index (χ0n) is 7.70. The maximum Gasteiger partial charge on any atom is 0.185 e. The van der Waals surface area contributed by atoms with E-state index in [1.807, 2.05) is 6.07 Å². The summed E-state index contributed by atoms with van der Waals surface area (Å²) in [5.74, 6) is 0.0181. The Morgan fingerprint density at radius 2 is 2.36 bits per heavy atom. The molecule has 0 aromatic carbocycles. The maximum atomic E-state index is 9.66. The van der Waals surface area contributed by atoms with Crippen molar-refractivity contribution in [3.05, 3.63) is 11.4 Å². The summed E-state index contributed by atoms with van der Waals surface area (Å²) in [6.45, 7) is 0. The molecule has 1 saturated carbocycles. The zero-order chi connectivity index (χ0) is 10.1. The van der Waals surface area contributed by atoms with Crippen LogP contribution in [0.3, 0.4) is 0 Å². The summed E-state index contributed by atoms with van der Waals surface area (Å²) in [5, 5.41) is 24.9. The fourth-order valence-corrected chi connectivity index (χ4v) is 2.01. The van der Waals surface area contributed by atoms with Crippen LogP contribution in [0, 0.1) is 11.3 Å². The van der Waals surface area contributed by atoms with Gasteiger partial charge < -0.3 is 10.8 Å². The lowest BCUT2D eigenvalue weighted by Crippen LogP contribution is -2.12. The third-order valence-corrected chi connectivity index (χ3v) is 2.79. The number of nitrogens with two attached hydrogens (primary N) is 1. The molecular formula is C9H12N4O. The molecule has 0 amide bonds. The van der Waals surface area contributed by atoms with Gasteiger partial charge in [0, 0.05) is 5.92 Å². The van der Waals surface area contributed by atoms with Gasteiger partial charge in [0.15, 0.2) is 5.69 Å². The predicted molar refractivity (Wildman–Crippen MR) is 50.3 cm³/mol. The van der Waals surface area contributed by atoms with E-state index in [2.05, 4.69) is 10.2 Å². The van der Waals surface area contributed by atoms with Crippen LogP contribution in [-0.2, 0) is 0 Å². The molecule has 0 spiro atoms. The molecule has 1 heterocycles. The van der Waals surface area contributed by atoms with Crippen LogP contribution in [0.5, 0.6) is 0 Å². The monoisotopic (exact) mass is 192 g/mol. The quantitative estimate of drug-likeness (QED) is 0.603. The molecule has 0 bridgehead atoms. The van der Waals surface area contributed by atoms with E-state index in [-0.39, 0.29) is 17.7 Å². The number of aromatic nitrogens is 2. The number of nitrogens with zero attached hydrogens (tertiary/aromatic N) is 2. The van der Waals surface area contributed by atoms with E-state index < -0.39 is 0 Å². The average Bonchev–Trinajstić information content (AvgIpc) is 2.72. The minimum atomic E-state index is -0.357. The Balaban J connectivity index is 2.33. The van der Waals surface area contributed by atoms with Crippen LogP contribution in [0.1, 0.15) is 36.6 Å². The number of aliphatic hydroxyl groups is 1. The lowest BCUT2D eigenvalue weighted by Gasteiger charge is -2.12. The lowest BCUT2D eigenvalue weighted by molar-refractivity contribution is 0.162. The number of nitrogens with one attached hydrogen (secondary N) is 1. The third kappa shape index (κ3) is 1.24. The van der Waals surface area contributed by atoms with E-state index in [1.54, 1.807) is 0 Å². The summed E-state index contributed by atoms with van der Waals surface area (Å²) in [7, 11) is 0. The summed E-state index contributed by atoms with van der Waals surface area (Å²) in [5.41, 5.74) is 7.05. The Kier molecular flexibility index (Phi) is 2.14. The highest BCUT2D eigenvalue weighted by Gasteiger charge is 2.30. The average molecular weight is 192 g/mol. The molecule has 1 fully saturated rings. The van der Waals surface area contributed by atoms with Crippen molar-refractivity contribution >= 4 is 5.69 Å². The summed E-state index contributed by atoms with van der Waals surface area (Å²) >= 11 is 0. The number of aliphatic hydroxyl groups excluding tert-OH is 1. The fourth-order valence-electron chi connectivity index (χ4n) is 2.01. The van der Waals surface area contributed by atoms with Crippen molar-refractivity contribution < 1.29 is 5.11 Å². The number of rotatable bonds is 1. The van der Waals surface area contributed by atoms with Gasteiger partial charge in [-0.25, -0.2) is 0 Å². The number of nitrogen functional groups attached to an aromatic ring is 1. The van der Waals surface area contributed by atoms with Crippen molar-refractivity contribution in [2.45, 2.75) is 31.3 Å². The Morgan fingerprint density at radius 1 is 1.57 bits per heavy atom. The van der Waals surface area contributed by atoms with Gasteiger partial charge in [0.05, 0.1) is 17.5 Å². The number of hydrogen-bond acceptors (Lipinski definition) is 4. The van der Waals surface area contributed by atoms with Crippen LogP contribution >= 0.6 is 0 Å². The second kappa shape index (κ2) is 3.31. The maximum absolute atomic E-state index is 9.66. The first kappa shape index (κ1) is 9.03. The molecule has 1 aromatic rings. The van der Waals surface area contributed by atoms with E-state index >= 15 is 0 Å². The van der Waals surface area contributed by atoms with Gasteiger partial charge >= 0.3 is 0 Å². The van der Waals surface area contributed by atoms with Crippen LogP contribution < -0.4 is 5.73 Å². The minimum absolute atomic E-state index is 0.0181. The highest BCUT2D eigenvalue weighted by atomic mass is 16.3. The van der Waals surface area contributed by atoms with Crippen LogP contribution in [0.15, 0.2) is 0 Å². The first-order valence-corrected chi connectivity index (χ1v) is 4.66. The number of anilines is 1. The SMILES string of the molecule is N#Cc1n[nH]c(C2CCCC2O)c1N. The van der Waals surface area contributed by atoms with E-state index in [4.69, 9.17) is 11.0 Å². The molecule has 14 heavy (non-hydrogen) atoms. The second-order valence-electron chi connectivity index (χ2n) is 3.62. The smallest absolute Gasteiger partial charge is 0.185 e. The number of H-pyrrole nitrogens is 1. The van der Waals surface area contributed by atoms with Crippen LogP contribution in [-0.4, -0.2) is 21.4 Å². The molecule has 5 nitrogen and oxygen atoms in total. The molecule has 2 unspecified atom stereocenters. The predicted octanol–water partition coefficient (Wildman–Crippen LogP) is 0.492. The van der Waals surface area contributed by atoms with Crippen molar-refractivity contribution in [1.29, 1.82) is 5.26 Å². The number of hydrogen-bond donors (Lipinski definition) is 3. The number of nitriles is 1. The summed E-state index contributed by atoms with van der Waals surface area (Å²) in [4.78, 5) is 0. The van der Waals surface area contributed by atoms with Gasteiger partial charge in [0.25, 0.3) is 0 Å². The third-order valence-electron chi connectivity index (χ3n) is 2.79. The van der Waals surface area contributed by atoms with Crippen molar-refractivity contribution in [2.75, 3.05) is 5.73 Å². The largest absolute Gasteiger partial charge is 0.395 e. The van der Waals surface area contributed by atoms with Crippen molar-refractivity contribution in [3.63, 3.8) is 0 Å². The van der Waals surface area contributed by atoms with Crippen LogP contribution in [0.2, 0.25) is 0 Å². The standard InChI is InChI=1S/C9H12N4O/c10-4-6-8(11)9(13-12-6)5-2-1-3-7(5)14/h5,7,14H,1-3,11H2,(H,12,13). The van der Waals surface area contributed by atoms with E-state index in [9.17, 15) is 5.11 Å². The highest BCUT2D eigenvalue weighted by molar-refractivity contribution is 5.55. The molecule has 0 saturated heterocycles. The summed E-state index contributed by atoms with van der Waals surface area (Å²) in [6, 6.07) is 1.90. The molecule has 1 aliphatic rings. The topological polar surface area (TPSA) is 98.7 Å². The van der Waals surface area contributed by atoms with E-state index in [1.165, 1.54) is 0 Å². The van der Waals surface area contributed by atoms with Gasteiger partial charge in [-0.2, -0.15) is 10.4 Å². The Labute approximate surface area is 81.5 Å². The van der Waals surface area contributed by atoms with Crippen molar-refractivity contribution in [2.24, 2.45) is 0 Å². The summed E-state index contributed by atoms with van der Waals surface area (Å²) < 4.78 is 0. The Hall–Kier alpha value is -1.54. The van der Waals surface area contributed by atoms with Crippen LogP contribution in [0.25, 0.3) is 0 Å². The van der Waals surface area contributed by atoms with Gasteiger partial charge in [-0.1, -0.05) is 6.42 Å². The lowest BCUT2D eigenvalue weighted by atomic mass is 10.0. The van der Waals surface area contributed by atoms with Gasteiger partial charge in [-0.15, -0.1) is 0 Å². The van der Waals surface area contributed by atoms with Gasteiger partial charge in [0.2, 0.25) is 0 Å². The molecule has 1 aromatic heterocycles. The van der Waals surface area contributed by atoms with Crippen molar-refractivity contribution in [1.82, 2.24) is 10.2 Å². The molecular weight excluding hydrogens is 180 g/mol. The first-order valence-electron chi connectivity index (χ1n) is 4.66. The van der Waals surface area contributed by atoms with Gasteiger partial charge in [0.1, 0.15) is 6.07 Å². The molecule has 5 heteroatoms. The highest BCUT2D eigenvalue weighted by Crippen LogP contribution is 2.36. The van der Waals surface area contributed by atoms with Gasteiger partial charge in [-0.05, 0) is 12.8 Å². The Morgan fingerprint density at radius 3 is 2.86 bits per heavy atom. The molecule has 74 valence electrons. The minimum Gasteiger partial charge on any atom is -0.395 e. The molecule has 1 aliphatic carbocycles. The van der Waals surface area contributed by atoms with E-state index in [0.29, 0.717) is 11.4 Å². The van der Waals surface area contributed by atoms with Crippen molar-refractivity contribution in [3.8, 4) is 6.07 Å². The van der Waals surface area contributed by atoms with Gasteiger partial charge in [-0.3, -0.25) is 5.10 Å². The Bertz CT molecular complexity index is 379. The van der Waals surface area contributed by atoms with E-state index in [0.717, 1.165) is 19.3 Å². The molecule has 2 rings (SSSR count). The zero-order valence-corrected chi connectivity index (χ0v) is 7.70.